The van der Waals surface area contributed by atoms with Crippen LogP contribution in [0, 0.1) is 11.3 Å². The molecular formula is C11H13N3O2. The Morgan fingerprint density at radius 1 is 1.75 bits per heavy atom. The first-order chi connectivity index (χ1) is 7.67. The number of carbonyl (C=O) groups excluding carboxylic acids is 1. The zero-order valence-electron chi connectivity index (χ0n) is 9.30. The van der Waals surface area contributed by atoms with E-state index in [9.17, 15) is 4.79 Å². The molecule has 0 fully saturated rings. The summed E-state index contributed by atoms with van der Waals surface area (Å²) in [6.07, 6.45) is 3.62. The van der Waals surface area contributed by atoms with E-state index in [1.165, 1.54) is 4.68 Å². The lowest BCUT2D eigenvalue weighted by Crippen LogP contribution is -2.10. The number of esters is 1. The Kier molecular flexibility index (Phi) is 4.28. The molecule has 1 aromatic heterocycles. The maximum absolute atomic E-state index is 11.0. The molecule has 0 amide bonds. The Bertz CT molecular complexity index is 440. The molecule has 0 saturated heterocycles. The zero-order chi connectivity index (χ0) is 12.0. The van der Waals surface area contributed by atoms with E-state index in [0.29, 0.717) is 12.0 Å². The normalized spacial score (nSPS) is 10.9. The van der Waals surface area contributed by atoms with E-state index in [1.807, 2.05) is 6.07 Å². The second kappa shape index (κ2) is 5.71. The Hall–Kier alpha value is -2.09. The molecule has 0 bridgehead atoms. The molecule has 1 rings (SSSR count). The van der Waals surface area contributed by atoms with Crippen LogP contribution in [0.4, 0.5) is 0 Å². The summed E-state index contributed by atoms with van der Waals surface area (Å²) < 4.78 is 6.46. The minimum absolute atomic E-state index is 0.0736. The van der Waals surface area contributed by atoms with Gasteiger partial charge in [0.15, 0.2) is 6.73 Å². The third-order valence-electron chi connectivity index (χ3n) is 1.93. The SMILES string of the molecule is CCC(=O)OCn1nccc1/C=C(\C)C#N. The number of hydrogen-bond donors (Lipinski definition) is 0. The van der Waals surface area contributed by atoms with E-state index >= 15 is 0 Å². The van der Waals surface area contributed by atoms with Crippen molar-refractivity contribution in [2.24, 2.45) is 0 Å². The van der Waals surface area contributed by atoms with Crippen LogP contribution in [0.15, 0.2) is 17.8 Å². The van der Waals surface area contributed by atoms with Gasteiger partial charge >= 0.3 is 5.97 Å². The molecular weight excluding hydrogens is 206 g/mol. The van der Waals surface area contributed by atoms with Gasteiger partial charge in [0.05, 0.1) is 11.8 Å². The smallest absolute Gasteiger partial charge is 0.307 e. The van der Waals surface area contributed by atoms with Crippen molar-refractivity contribution in [1.29, 1.82) is 5.26 Å². The number of allylic oxidation sites excluding steroid dienone is 1. The van der Waals surface area contributed by atoms with E-state index in [0.717, 1.165) is 5.69 Å². The van der Waals surface area contributed by atoms with E-state index in [4.69, 9.17) is 10.00 Å². The van der Waals surface area contributed by atoms with Gasteiger partial charge < -0.3 is 4.74 Å². The first kappa shape index (κ1) is 12.0. The number of aromatic nitrogens is 2. The molecule has 0 aliphatic carbocycles. The molecule has 0 radical (unpaired) electrons. The number of hydrogen-bond acceptors (Lipinski definition) is 4. The average molecular weight is 219 g/mol. The van der Waals surface area contributed by atoms with Crippen molar-refractivity contribution in [2.45, 2.75) is 27.0 Å². The van der Waals surface area contributed by atoms with Crippen LogP contribution in [-0.2, 0) is 16.3 Å². The standard InChI is InChI=1S/C11H13N3O2/c1-3-11(15)16-8-14-10(4-5-13-14)6-9(2)7-12/h4-6H,3,8H2,1-2H3/b9-6+. The van der Waals surface area contributed by atoms with Gasteiger partial charge in [-0.15, -0.1) is 0 Å². The van der Waals surface area contributed by atoms with Crippen LogP contribution in [0.25, 0.3) is 6.08 Å². The molecule has 5 heteroatoms. The van der Waals surface area contributed by atoms with E-state index in [-0.39, 0.29) is 12.7 Å². The molecule has 0 N–H and O–H groups in total. The lowest BCUT2D eigenvalue weighted by molar-refractivity contribution is -0.147. The molecule has 1 heterocycles. The lowest BCUT2D eigenvalue weighted by Gasteiger charge is -2.05. The van der Waals surface area contributed by atoms with Gasteiger partial charge in [-0.1, -0.05) is 6.92 Å². The predicted octanol–water partition coefficient (Wildman–Crippen LogP) is 1.72. The van der Waals surface area contributed by atoms with Crippen molar-refractivity contribution in [2.75, 3.05) is 0 Å². The summed E-state index contributed by atoms with van der Waals surface area (Å²) >= 11 is 0. The Balaban J connectivity index is 2.72. The summed E-state index contributed by atoms with van der Waals surface area (Å²) in [5.74, 6) is -0.276. The fraction of sp³-hybridized carbons (Fsp3) is 0.364. The largest absolute Gasteiger partial charge is 0.442 e. The maximum atomic E-state index is 11.0. The summed E-state index contributed by atoms with van der Waals surface area (Å²) in [6, 6.07) is 3.77. The maximum Gasteiger partial charge on any atom is 0.307 e. The van der Waals surface area contributed by atoms with Crippen molar-refractivity contribution in [3.05, 3.63) is 23.5 Å². The topological polar surface area (TPSA) is 67.9 Å². The number of rotatable bonds is 4. The number of carbonyl (C=O) groups is 1. The molecule has 16 heavy (non-hydrogen) atoms. The van der Waals surface area contributed by atoms with Crippen LogP contribution in [0.2, 0.25) is 0 Å². The second-order valence-corrected chi connectivity index (χ2v) is 3.19. The minimum Gasteiger partial charge on any atom is -0.442 e. The van der Waals surface area contributed by atoms with E-state index in [2.05, 4.69) is 5.10 Å². The van der Waals surface area contributed by atoms with Crippen molar-refractivity contribution in [3.8, 4) is 6.07 Å². The fourth-order valence-electron chi connectivity index (χ4n) is 1.06. The number of nitriles is 1. The predicted molar refractivity (Wildman–Crippen MR) is 57.9 cm³/mol. The summed E-state index contributed by atoms with van der Waals surface area (Å²) in [7, 11) is 0. The second-order valence-electron chi connectivity index (χ2n) is 3.19. The third kappa shape index (κ3) is 3.24. The highest BCUT2D eigenvalue weighted by molar-refractivity contribution is 5.68. The molecule has 0 aliphatic heterocycles. The lowest BCUT2D eigenvalue weighted by atomic mass is 10.2. The minimum atomic E-state index is -0.276. The van der Waals surface area contributed by atoms with Crippen LogP contribution in [-0.4, -0.2) is 15.7 Å². The summed E-state index contributed by atoms with van der Waals surface area (Å²) in [6.45, 7) is 3.51. The highest BCUT2D eigenvalue weighted by Crippen LogP contribution is 2.06. The molecule has 84 valence electrons. The van der Waals surface area contributed by atoms with Crippen molar-refractivity contribution in [1.82, 2.24) is 9.78 Å². The molecule has 0 saturated carbocycles. The Labute approximate surface area is 93.9 Å². The van der Waals surface area contributed by atoms with Gasteiger partial charge in [-0.3, -0.25) is 4.79 Å². The molecule has 0 atom stereocenters. The van der Waals surface area contributed by atoms with Gasteiger partial charge in [-0.25, -0.2) is 4.68 Å². The number of nitrogens with zero attached hydrogens (tertiary/aromatic N) is 3. The first-order valence-electron chi connectivity index (χ1n) is 4.93. The van der Waals surface area contributed by atoms with Crippen LogP contribution < -0.4 is 0 Å². The van der Waals surface area contributed by atoms with Gasteiger partial charge in [-0.2, -0.15) is 10.4 Å². The van der Waals surface area contributed by atoms with Crippen LogP contribution >= 0.6 is 0 Å². The Morgan fingerprint density at radius 2 is 2.50 bits per heavy atom. The summed E-state index contributed by atoms with van der Waals surface area (Å²) in [5.41, 5.74) is 1.31. The molecule has 0 spiro atoms. The Morgan fingerprint density at radius 3 is 3.12 bits per heavy atom. The molecule has 0 unspecified atom stereocenters. The van der Waals surface area contributed by atoms with Crippen LogP contribution in [0.5, 0.6) is 0 Å². The highest BCUT2D eigenvalue weighted by Gasteiger charge is 2.03. The summed E-state index contributed by atoms with van der Waals surface area (Å²) in [5, 5.41) is 12.6. The monoisotopic (exact) mass is 219 g/mol. The fourth-order valence-corrected chi connectivity index (χ4v) is 1.06. The van der Waals surface area contributed by atoms with Gasteiger partial charge in [-0.05, 0) is 19.1 Å². The average Bonchev–Trinajstić information content (AvgIpc) is 2.73. The molecule has 0 aromatic carbocycles. The molecule has 0 aliphatic rings. The zero-order valence-corrected chi connectivity index (χ0v) is 9.30. The number of ether oxygens (including phenoxy) is 1. The van der Waals surface area contributed by atoms with Crippen molar-refractivity contribution >= 4 is 12.0 Å². The quantitative estimate of drug-likeness (QED) is 0.571. The van der Waals surface area contributed by atoms with Gasteiger partial charge in [0.2, 0.25) is 0 Å². The van der Waals surface area contributed by atoms with Crippen molar-refractivity contribution in [3.63, 3.8) is 0 Å². The summed E-state index contributed by atoms with van der Waals surface area (Å²) in [4.78, 5) is 11.0. The van der Waals surface area contributed by atoms with Crippen LogP contribution in [0.3, 0.4) is 0 Å². The molecule has 1 aromatic rings. The van der Waals surface area contributed by atoms with Gasteiger partial charge in [0.25, 0.3) is 0 Å². The van der Waals surface area contributed by atoms with Gasteiger partial charge in [0.1, 0.15) is 0 Å². The first-order valence-corrected chi connectivity index (χ1v) is 4.93. The third-order valence-corrected chi connectivity index (χ3v) is 1.93. The highest BCUT2D eigenvalue weighted by atomic mass is 16.5. The van der Waals surface area contributed by atoms with Crippen molar-refractivity contribution < 1.29 is 9.53 Å². The van der Waals surface area contributed by atoms with E-state index < -0.39 is 0 Å². The van der Waals surface area contributed by atoms with Crippen LogP contribution in [0.1, 0.15) is 26.0 Å². The van der Waals surface area contributed by atoms with Gasteiger partial charge in [0, 0.05) is 18.2 Å². The van der Waals surface area contributed by atoms with E-state index in [1.54, 1.807) is 32.2 Å². The molecule has 5 nitrogen and oxygen atoms in total.